The number of amides is 2. The third kappa shape index (κ3) is 4.19. The van der Waals surface area contributed by atoms with Gasteiger partial charge in [0.2, 0.25) is 5.91 Å². The normalized spacial score (nSPS) is 21.9. The number of benzene rings is 2. The predicted molar refractivity (Wildman–Crippen MR) is 120 cm³/mol. The van der Waals surface area contributed by atoms with Gasteiger partial charge < -0.3 is 10.6 Å². The molecule has 11 heteroatoms. The van der Waals surface area contributed by atoms with Crippen molar-refractivity contribution in [1.82, 2.24) is 5.32 Å². The minimum atomic E-state index is -1.56. The van der Waals surface area contributed by atoms with Crippen LogP contribution in [0.2, 0.25) is 5.02 Å². The van der Waals surface area contributed by atoms with Crippen molar-refractivity contribution in [2.45, 2.75) is 28.6 Å². The van der Waals surface area contributed by atoms with E-state index in [4.69, 9.17) is 40.1 Å². The molecule has 0 aliphatic heterocycles. The molecule has 0 saturated heterocycles. The summed E-state index contributed by atoms with van der Waals surface area (Å²) in [5, 5.41) is 14.5. The highest BCUT2D eigenvalue weighted by Crippen LogP contribution is 2.65. The average molecular weight is 564 g/mol. The van der Waals surface area contributed by atoms with E-state index in [9.17, 15) is 18.4 Å². The first kappa shape index (κ1) is 23.2. The van der Waals surface area contributed by atoms with Gasteiger partial charge in [0.15, 0.2) is 0 Å². The van der Waals surface area contributed by atoms with Crippen LogP contribution in [0, 0.1) is 28.9 Å². The van der Waals surface area contributed by atoms with Gasteiger partial charge in [-0.05, 0) is 64.7 Å². The van der Waals surface area contributed by atoms with Crippen molar-refractivity contribution >= 4 is 68.2 Å². The lowest BCUT2D eigenvalue weighted by molar-refractivity contribution is -0.117. The maximum Gasteiger partial charge on any atom is 0.254 e. The van der Waals surface area contributed by atoms with E-state index >= 15 is 0 Å². The molecule has 2 aliphatic carbocycles. The van der Waals surface area contributed by atoms with Gasteiger partial charge in [-0.2, -0.15) is 5.26 Å². The Bertz CT molecular complexity index is 1170. The Morgan fingerprint density at radius 2 is 1.78 bits per heavy atom. The van der Waals surface area contributed by atoms with E-state index in [1.807, 2.05) is 0 Å². The van der Waals surface area contributed by atoms with Crippen LogP contribution in [0.1, 0.15) is 34.7 Å². The number of alkyl halides is 2. The number of carbonyl (C=O) groups is 2. The SMILES string of the molecule is N#CC1(NC(=O)c2cc(NC(=O)[C@@H]3[C@@H](c4cc(F)c(Br)c(F)c4)C3(Cl)Cl)ccc2Cl)CC1. The summed E-state index contributed by atoms with van der Waals surface area (Å²) in [7, 11) is 0. The fourth-order valence-corrected chi connectivity index (χ4v) is 4.75. The van der Waals surface area contributed by atoms with Crippen molar-refractivity contribution in [3.8, 4) is 6.07 Å². The van der Waals surface area contributed by atoms with Crippen LogP contribution in [0.15, 0.2) is 34.8 Å². The van der Waals surface area contributed by atoms with E-state index in [0.717, 1.165) is 12.1 Å². The summed E-state index contributed by atoms with van der Waals surface area (Å²) in [6.45, 7) is 0. The standard InChI is InChI=1S/C21H13BrCl3F2N3O2/c22-17-13(26)5-9(6-14(17)27)15-16(21(15,24)25)19(32)29-10-1-2-12(23)11(7-10)18(31)30-20(8-28)3-4-20/h1-2,5-7,15-16H,3-4H2,(H,29,32)(H,30,31)/t15-,16+/m1/s1. The molecule has 4 rings (SSSR count). The topological polar surface area (TPSA) is 82.0 Å². The van der Waals surface area contributed by atoms with Crippen LogP contribution in [-0.4, -0.2) is 21.7 Å². The Kier molecular flexibility index (Phi) is 5.91. The third-order valence-electron chi connectivity index (χ3n) is 5.50. The summed E-state index contributed by atoms with van der Waals surface area (Å²) in [4.78, 5) is 25.3. The Labute approximate surface area is 205 Å². The summed E-state index contributed by atoms with van der Waals surface area (Å²) in [5.41, 5.74) is -0.407. The van der Waals surface area contributed by atoms with E-state index < -0.39 is 45.2 Å². The molecule has 5 nitrogen and oxygen atoms in total. The summed E-state index contributed by atoms with van der Waals surface area (Å²) in [6.07, 6.45) is 1.11. The number of nitrogens with zero attached hydrogens (tertiary/aromatic N) is 1. The number of carbonyl (C=O) groups excluding carboxylic acids is 2. The van der Waals surface area contributed by atoms with Crippen LogP contribution in [0.25, 0.3) is 0 Å². The zero-order valence-electron chi connectivity index (χ0n) is 16.0. The van der Waals surface area contributed by atoms with Crippen LogP contribution < -0.4 is 10.6 Å². The minimum absolute atomic E-state index is 0.0819. The van der Waals surface area contributed by atoms with Crippen LogP contribution in [0.3, 0.4) is 0 Å². The molecule has 2 aliphatic rings. The second-order valence-electron chi connectivity index (χ2n) is 7.76. The molecule has 2 fully saturated rings. The lowest BCUT2D eigenvalue weighted by Crippen LogP contribution is -2.35. The first-order valence-electron chi connectivity index (χ1n) is 9.35. The molecular formula is C21H13BrCl3F2N3O2. The Balaban J connectivity index is 1.52. The van der Waals surface area contributed by atoms with Crippen LogP contribution in [0.4, 0.5) is 14.5 Å². The third-order valence-corrected chi connectivity index (χ3v) is 7.52. The first-order valence-corrected chi connectivity index (χ1v) is 11.3. The van der Waals surface area contributed by atoms with Crippen molar-refractivity contribution < 1.29 is 18.4 Å². The average Bonchev–Trinajstić information content (AvgIpc) is 3.62. The van der Waals surface area contributed by atoms with Crippen molar-refractivity contribution in [3.63, 3.8) is 0 Å². The molecule has 0 aromatic heterocycles. The molecule has 2 aromatic carbocycles. The molecule has 0 unspecified atom stereocenters. The van der Waals surface area contributed by atoms with E-state index in [-0.39, 0.29) is 26.3 Å². The molecule has 166 valence electrons. The molecule has 2 aromatic rings. The maximum atomic E-state index is 13.9. The van der Waals surface area contributed by atoms with Crippen molar-refractivity contribution in [3.05, 3.63) is 62.6 Å². The summed E-state index contributed by atoms with van der Waals surface area (Å²) in [6, 6.07) is 8.46. The van der Waals surface area contributed by atoms with Crippen LogP contribution in [0.5, 0.6) is 0 Å². The molecule has 2 amide bonds. The number of nitriles is 1. The van der Waals surface area contributed by atoms with Crippen LogP contribution in [-0.2, 0) is 4.79 Å². The van der Waals surface area contributed by atoms with Crippen molar-refractivity contribution in [2.24, 2.45) is 5.92 Å². The molecule has 0 bridgehead atoms. The van der Waals surface area contributed by atoms with Gasteiger partial charge in [0.05, 0.1) is 27.0 Å². The quantitative estimate of drug-likeness (QED) is 0.362. The van der Waals surface area contributed by atoms with Crippen LogP contribution >= 0.6 is 50.7 Å². The van der Waals surface area contributed by atoms with Gasteiger partial charge in [0, 0.05) is 11.6 Å². The Morgan fingerprint density at radius 3 is 2.34 bits per heavy atom. The van der Waals surface area contributed by atoms with Gasteiger partial charge in [-0.15, -0.1) is 23.2 Å². The largest absolute Gasteiger partial charge is 0.334 e. The zero-order valence-corrected chi connectivity index (χ0v) is 19.8. The van der Waals surface area contributed by atoms with E-state index in [0.29, 0.717) is 12.8 Å². The number of hydrogen-bond donors (Lipinski definition) is 2. The van der Waals surface area contributed by atoms with Crippen molar-refractivity contribution in [2.75, 3.05) is 5.32 Å². The summed E-state index contributed by atoms with van der Waals surface area (Å²) in [5.74, 6) is -4.62. The van der Waals surface area contributed by atoms with Gasteiger partial charge >= 0.3 is 0 Å². The number of hydrogen-bond acceptors (Lipinski definition) is 3. The Morgan fingerprint density at radius 1 is 1.16 bits per heavy atom. The zero-order chi connectivity index (χ0) is 23.4. The lowest BCUT2D eigenvalue weighted by atomic mass is 10.1. The van der Waals surface area contributed by atoms with Gasteiger partial charge in [-0.1, -0.05) is 11.6 Å². The number of rotatable bonds is 5. The fourth-order valence-electron chi connectivity index (χ4n) is 3.49. The molecule has 2 saturated carbocycles. The molecule has 0 spiro atoms. The lowest BCUT2D eigenvalue weighted by Gasteiger charge is -2.12. The monoisotopic (exact) mass is 561 g/mol. The highest BCUT2D eigenvalue weighted by atomic mass is 79.9. The maximum absolute atomic E-state index is 13.9. The Hall–Kier alpha value is -1.92. The molecule has 32 heavy (non-hydrogen) atoms. The second kappa shape index (κ2) is 8.14. The molecule has 0 heterocycles. The molecule has 0 radical (unpaired) electrons. The molecular weight excluding hydrogens is 551 g/mol. The van der Waals surface area contributed by atoms with E-state index in [1.54, 1.807) is 0 Å². The number of halogens is 6. The second-order valence-corrected chi connectivity index (χ2v) is 10.4. The van der Waals surface area contributed by atoms with Crippen molar-refractivity contribution in [1.29, 1.82) is 5.26 Å². The first-order chi connectivity index (χ1) is 15.0. The van der Waals surface area contributed by atoms with Gasteiger partial charge in [0.1, 0.15) is 21.5 Å². The fraction of sp³-hybridized carbons (Fsp3) is 0.286. The smallest absolute Gasteiger partial charge is 0.254 e. The van der Waals surface area contributed by atoms with E-state index in [2.05, 4.69) is 32.6 Å². The number of anilines is 1. The minimum Gasteiger partial charge on any atom is -0.334 e. The molecule has 2 atom stereocenters. The molecule has 2 N–H and O–H groups in total. The highest BCUT2D eigenvalue weighted by molar-refractivity contribution is 9.10. The van der Waals surface area contributed by atoms with E-state index in [1.165, 1.54) is 18.2 Å². The number of nitrogens with one attached hydrogen (secondary N) is 2. The summed E-state index contributed by atoms with van der Waals surface area (Å²) >= 11 is 21.4. The van der Waals surface area contributed by atoms with Gasteiger partial charge in [-0.3, -0.25) is 9.59 Å². The summed E-state index contributed by atoms with van der Waals surface area (Å²) < 4.78 is 25.9. The predicted octanol–water partition coefficient (Wildman–Crippen LogP) is 5.69. The van der Waals surface area contributed by atoms with Gasteiger partial charge in [-0.25, -0.2) is 8.78 Å². The highest BCUT2D eigenvalue weighted by Gasteiger charge is 2.67. The van der Waals surface area contributed by atoms with Gasteiger partial charge in [0.25, 0.3) is 5.91 Å².